The Morgan fingerprint density at radius 2 is 2.00 bits per heavy atom. The van der Waals surface area contributed by atoms with Crippen LogP contribution in [-0.2, 0) is 0 Å². The molecule has 94 valence electrons. The smallest absolute Gasteiger partial charge is 0.222 e. The van der Waals surface area contributed by atoms with Gasteiger partial charge in [-0.05, 0) is 31.6 Å². The summed E-state index contributed by atoms with van der Waals surface area (Å²) >= 11 is 0. The molecule has 17 heavy (non-hydrogen) atoms. The van der Waals surface area contributed by atoms with Crippen LogP contribution in [-0.4, -0.2) is 16.5 Å². The number of nitrogens with zero attached hydrogens (tertiary/aromatic N) is 2. The van der Waals surface area contributed by atoms with Crippen molar-refractivity contribution in [2.75, 3.05) is 17.6 Å². The average molecular weight is 234 g/mol. The summed E-state index contributed by atoms with van der Waals surface area (Å²) in [4.78, 5) is 8.25. The first-order valence-corrected chi connectivity index (χ1v) is 6.48. The molecule has 2 rings (SSSR count). The molecule has 4 heteroatoms. The van der Waals surface area contributed by atoms with Gasteiger partial charge in [0.2, 0.25) is 5.95 Å². The van der Waals surface area contributed by atoms with Gasteiger partial charge in [0.05, 0.1) is 0 Å². The molecule has 0 bridgehead atoms. The maximum absolute atomic E-state index is 5.62. The molecule has 4 nitrogen and oxygen atoms in total. The molecule has 0 aliphatic heterocycles. The lowest BCUT2D eigenvalue weighted by molar-refractivity contribution is 0.300. The molecule has 0 radical (unpaired) electrons. The van der Waals surface area contributed by atoms with Crippen molar-refractivity contribution in [3.8, 4) is 0 Å². The highest BCUT2D eigenvalue weighted by molar-refractivity contribution is 5.40. The summed E-state index contributed by atoms with van der Waals surface area (Å²) in [6.45, 7) is 5.28. The van der Waals surface area contributed by atoms with Gasteiger partial charge in [0, 0.05) is 18.3 Å². The zero-order valence-corrected chi connectivity index (χ0v) is 10.7. The highest BCUT2D eigenvalue weighted by Crippen LogP contribution is 2.28. The predicted octanol–water partition coefficient (Wildman–Crippen LogP) is 2.61. The Morgan fingerprint density at radius 3 is 2.65 bits per heavy atom. The fourth-order valence-electron chi connectivity index (χ4n) is 2.46. The van der Waals surface area contributed by atoms with Crippen molar-refractivity contribution in [2.45, 2.75) is 39.5 Å². The van der Waals surface area contributed by atoms with Gasteiger partial charge in [-0.1, -0.05) is 19.8 Å². The molecular weight excluding hydrogens is 212 g/mol. The number of nitrogens with one attached hydrogen (secondary N) is 1. The second-order valence-electron chi connectivity index (χ2n) is 5.26. The summed E-state index contributed by atoms with van der Waals surface area (Å²) in [5, 5.41) is 3.38. The van der Waals surface area contributed by atoms with E-state index in [0.29, 0.717) is 5.95 Å². The van der Waals surface area contributed by atoms with Crippen molar-refractivity contribution in [2.24, 2.45) is 11.8 Å². The largest absolute Gasteiger partial charge is 0.370 e. The highest BCUT2D eigenvalue weighted by Gasteiger charge is 2.17. The van der Waals surface area contributed by atoms with E-state index in [2.05, 4.69) is 22.2 Å². The van der Waals surface area contributed by atoms with E-state index >= 15 is 0 Å². The van der Waals surface area contributed by atoms with Crippen LogP contribution in [0.4, 0.5) is 11.8 Å². The molecule has 1 heterocycles. The SMILES string of the molecule is Cc1cc(NCC2CCC(C)CC2)nc(N)n1. The first-order chi connectivity index (χ1) is 8.13. The third-order valence-electron chi connectivity index (χ3n) is 3.58. The molecule has 1 saturated carbocycles. The number of rotatable bonds is 3. The van der Waals surface area contributed by atoms with Crippen molar-refractivity contribution in [1.29, 1.82) is 0 Å². The molecule has 1 aliphatic carbocycles. The Hall–Kier alpha value is -1.32. The fraction of sp³-hybridized carbons (Fsp3) is 0.692. The van der Waals surface area contributed by atoms with Crippen LogP contribution in [0.5, 0.6) is 0 Å². The number of nitrogens with two attached hydrogens (primary N) is 1. The van der Waals surface area contributed by atoms with E-state index in [1.165, 1.54) is 25.7 Å². The van der Waals surface area contributed by atoms with E-state index < -0.39 is 0 Å². The Kier molecular flexibility index (Phi) is 3.82. The Balaban J connectivity index is 1.85. The molecule has 1 aliphatic rings. The summed E-state index contributed by atoms with van der Waals surface area (Å²) in [6.07, 6.45) is 5.37. The molecule has 0 saturated heterocycles. The van der Waals surface area contributed by atoms with Gasteiger partial charge in [0.1, 0.15) is 5.82 Å². The van der Waals surface area contributed by atoms with E-state index in [0.717, 1.165) is 29.9 Å². The van der Waals surface area contributed by atoms with Gasteiger partial charge in [0.15, 0.2) is 0 Å². The Morgan fingerprint density at radius 1 is 1.29 bits per heavy atom. The first kappa shape index (κ1) is 12.1. The third-order valence-corrected chi connectivity index (χ3v) is 3.58. The van der Waals surface area contributed by atoms with E-state index in [1.54, 1.807) is 0 Å². The molecule has 3 N–H and O–H groups in total. The van der Waals surface area contributed by atoms with Crippen molar-refractivity contribution >= 4 is 11.8 Å². The van der Waals surface area contributed by atoms with Crippen molar-refractivity contribution in [3.05, 3.63) is 11.8 Å². The van der Waals surface area contributed by atoms with Crippen LogP contribution < -0.4 is 11.1 Å². The van der Waals surface area contributed by atoms with Crippen molar-refractivity contribution < 1.29 is 0 Å². The minimum Gasteiger partial charge on any atom is -0.370 e. The molecular formula is C13H22N4. The van der Waals surface area contributed by atoms with E-state index in [-0.39, 0.29) is 0 Å². The molecule has 1 fully saturated rings. The predicted molar refractivity (Wildman–Crippen MR) is 70.8 cm³/mol. The van der Waals surface area contributed by atoms with Crippen LogP contribution >= 0.6 is 0 Å². The Bertz CT molecular complexity index is 349. The van der Waals surface area contributed by atoms with Gasteiger partial charge in [0.25, 0.3) is 0 Å². The zero-order valence-electron chi connectivity index (χ0n) is 10.7. The summed E-state index contributed by atoms with van der Waals surface area (Å²) in [6, 6.07) is 1.95. The quantitative estimate of drug-likeness (QED) is 0.843. The van der Waals surface area contributed by atoms with E-state index in [4.69, 9.17) is 5.73 Å². The van der Waals surface area contributed by atoms with Gasteiger partial charge >= 0.3 is 0 Å². The lowest BCUT2D eigenvalue weighted by atomic mass is 9.83. The topological polar surface area (TPSA) is 63.8 Å². The van der Waals surface area contributed by atoms with Crippen LogP contribution in [0.2, 0.25) is 0 Å². The number of anilines is 2. The molecule has 0 spiro atoms. The minimum absolute atomic E-state index is 0.352. The van der Waals surface area contributed by atoms with Crippen LogP contribution in [0, 0.1) is 18.8 Å². The number of aryl methyl sites for hydroxylation is 1. The van der Waals surface area contributed by atoms with Crippen LogP contribution in [0.1, 0.15) is 38.3 Å². The van der Waals surface area contributed by atoms with Gasteiger partial charge < -0.3 is 11.1 Å². The second kappa shape index (κ2) is 5.34. The normalized spacial score (nSPS) is 24.6. The van der Waals surface area contributed by atoms with Gasteiger partial charge in [-0.15, -0.1) is 0 Å². The standard InChI is InChI=1S/C13H22N4/c1-9-3-5-11(6-4-9)8-15-12-7-10(2)16-13(14)17-12/h7,9,11H,3-6,8H2,1-2H3,(H3,14,15,16,17). The van der Waals surface area contributed by atoms with Crippen LogP contribution in [0.15, 0.2) is 6.07 Å². The molecule has 0 atom stereocenters. The number of hydrogen-bond donors (Lipinski definition) is 2. The minimum atomic E-state index is 0.352. The fourth-order valence-corrected chi connectivity index (χ4v) is 2.46. The lowest BCUT2D eigenvalue weighted by Crippen LogP contribution is -2.20. The molecule has 0 unspecified atom stereocenters. The summed E-state index contributed by atoms with van der Waals surface area (Å²) < 4.78 is 0. The monoisotopic (exact) mass is 234 g/mol. The highest BCUT2D eigenvalue weighted by atomic mass is 15.1. The maximum Gasteiger partial charge on any atom is 0.222 e. The second-order valence-corrected chi connectivity index (χ2v) is 5.26. The molecule has 1 aromatic heterocycles. The number of hydrogen-bond acceptors (Lipinski definition) is 4. The van der Waals surface area contributed by atoms with Crippen LogP contribution in [0.3, 0.4) is 0 Å². The zero-order chi connectivity index (χ0) is 12.3. The first-order valence-electron chi connectivity index (χ1n) is 6.48. The summed E-state index contributed by atoms with van der Waals surface area (Å²) in [7, 11) is 0. The van der Waals surface area contributed by atoms with Crippen molar-refractivity contribution in [1.82, 2.24) is 9.97 Å². The van der Waals surface area contributed by atoms with E-state index in [9.17, 15) is 0 Å². The van der Waals surface area contributed by atoms with Gasteiger partial charge in [-0.25, -0.2) is 4.98 Å². The summed E-state index contributed by atoms with van der Waals surface area (Å²) in [5.74, 6) is 2.89. The number of nitrogen functional groups attached to an aromatic ring is 1. The average Bonchev–Trinajstić information content (AvgIpc) is 2.27. The van der Waals surface area contributed by atoms with E-state index in [1.807, 2.05) is 13.0 Å². The van der Waals surface area contributed by atoms with Gasteiger partial charge in [-0.2, -0.15) is 4.98 Å². The van der Waals surface area contributed by atoms with Crippen LogP contribution in [0.25, 0.3) is 0 Å². The molecule has 1 aromatic rings. The Labute approximate surface area is 103 Å². The molecule has 0 amide bonds. The summed E-state index contributed by atoms with van der Waals surface area (Å²) in [5.41, 5.74) is 6.54. The van der Waals surface area contributed by atoms with Crippen molar-refractivity contribution in [3.63, 3.8) is 0 Å². The lowest BCUT2D eigenvalue weighted by Gasteiger charge is -2.26. The molecule has 0 aromatic carbocycles. The van der Waals surface area contributed by atoms with Gasteiger partial charge in [-0.3, -0.25) is 0 Å². The maximum atomic E-state index is 5.62. The third kappa shape index (κ3) is 3.58. The number of aromatic nitrogens is 2.